The molecule has 0 bridgehead atoms. The zero-order valence-electron chi connectivity index (χ0n) is 9.72. The van der Waals surface area contributed by atoms with E-state index in [0.717, 1.165) is 0 Å². The van der Waals surface area contributed by atoms with E-state index in [4.69, 9.17) is 10.5 Å². The lowest BCUT2D eigenvalue weighted by Crippen LogP contribution is -2.66. The molecule has 0 aromatic rings. The summed E-state index contributed by atoms with van der Waals surface area (Å²) in [6.45, 7) is 5.02. The van der Waals surface area contributed by atoms with Gasteiger partial charge in [0, 0.05) is 6.04 Å². The van der Waals surface area contributed by atoms with E-state index in [1.807, 2.05) is 0 Å². The van der Waals surface area contributed by atoms with Crippen LogP contribution in [-0.4, -0.2) is 29.7 Å². The summed E-state index contributed by atoms with van der Waals surface area (Å²) >= 11 is 0. The van der Waals surface area contributed by atoms with Crippen LogP contribution in [0.2, 0.25) is 0 Å². The first-order chi connectivity index (χ1) is 7.15. The molecule has 4 nitrogen and oxygen atoms in total. The Balaban J connectivity index is 2.54. The molecule has 0 unspecified atom stereocenters. The van der Waals surface area contributed by atoms with Gasteiger partial charge in [0.2, 0.25) is 0 Å². The molecule has 0 aliphatic heterocycles. The lowest BCUT2D eigenvalue weighted by molar-refractivity contribution is -0.0358. The van der Waals surface area contributed by atoms with Gasteiger partial charge in [0.1, 0.15) is 11.1 Å². The van der Waals surface area contributed by atoms with Crippen molar-refractivity contribution in [2.75, 3.05) is 0 Å². The average Bonchev–Trinajstić information content (AvgIpc) is 1.96. The quantitative estimate of drug-likeness (QED) is 0.766. The summed E-state index contributed by atoms with van der Waals surface area (Å²) in [5.41, 5.74) is 3.28. The molecule has 0 spiro atoms. The highest BCUT2D eigenvalue weighted by Gasteiger charge is 2.51. The number of carbonyl (C=O) groups excluding carboxylic acids is 1. The number of ether oxygens (including phenoxy) is 1. The maximum absolute atomic E-state index is 12.8. The molecule has 6 heteroatoms. The lowest BCUT2D eigenvalue weighted by Gasteiger charge is -2.45. The molecule has 0 aromatic heterocycles. The predicted molar refractivity (Wildman–Crippen MR) is 55.3 cm³/mol. The third kappa shape index (κ3) is 3.04. The van der Waals surface area contributed by atoms with E-state index in [1.165, 1.54) is 0 Å². The fourth-order valence-corrected chi connectivity index (χ4v) is 1.72. The average molecular weight is 236 g/mol. The van der Waals surface area contributed by atoms with Gasteiger partial charge < -0.3 is 15.8 Å². The van der Waals surface area contributed by atoms with Crippen LogP contribution in [0.4, 0.5) is 13.6 Å². The summed E-state index contributed by atoms with van der Waals surface area (Å²) in [4.78, 5) is 11.4. The molecule has 16 heavy (non-hydrogen) atoms. The maximum Gasteiger partial charge on any atom is 0.408 e. The lowest BCUT2D eigenvalue weighted by atomic mass is 9.73. The summed E-state index contributed by atoms with van der Waals surface area (Å²) < 4.78 is 30.5. The van der Waals surface area contributed by atoms with E-state index < -0.39 is 23.7 Å². The largest absolute Gasteiger partial charge is 0.444 e. The fraction of sp³-hybridized carbons (Fsp3) is 0.900. The minimum atomic E-state index is -2.63. The Bertz CT molecular complexity index is 270. The van der Waals surface area contributed by atoms with Crippen molar-refractivity contribution < 1.29 is 18.3 Å². The monoisotopic (exact) mass is 236 g/mol. The van der Waals surface area contributed by atoms with Crippen LogP contribution < -0.4 is 11.1 Å². The predicted octanol–water partition coefficient (Wildman–Crippen LogP) is 1.64. The molecule has 0 atom stereocenters. The van der Waals surface area contributed by atoms with E-state index in [0.29, 0.717) is 0 Å². The van der Waals surface area contributed by atoms with E-state index in [2.05, 4.69) is 5.32 Å². The number of rotatable bonds is 2. The van der Waals surface area contributed by atoms with Crippen LogP contribution in [0.1, 0.15) is 33.6 Å². The van der Waals surface area contributed by atoms with Crippen molar-refractivity contribution in [2.24, 2.45) is 5.73 Å². The summed E-state index contributed by atoms with van der Waals surface area (Å²) in [5.74, 6) is 0. The molecular weight excluding hydrogens is 218 g/mol. The van der Waals surface area contributed by atoms with Crippen molar-refractivity contribution in [3.63, 3.8) is 0 Å². The molecule has 0 heterocycles. The van der Waals surface area contributed by atoms with Gasteiger partial charge in [0.05, 0.1) is 0 Å². The first-order valence-electron chi connectivity index (χ1n) is 5.19. The summed E-state index contributed by atoms with van der Waals surface area (Å²) in [5, 5.41) is 2.23. The molecule has 0 saturated heterocycles. The number of hydrogen-bond donors (Lipinski definition) is 2. The molecule has 1 amide bonds. The van der Waals surface area contributed by atoms with Crippen molar-refractivity contribution in [2.45, 2.75) is 57.2 Å². The Morgan fingerprint density at radius 1 is 1.50 bits per heavy atom. The molecule has 1 saturated carbocycles. The molecule has 0 radical (unpaired) electrons. The third-order valence-corrected chi connectivity index (χ3v) is 2.42. The Hall–Kier alpha value is -0.910. The Kier molecular flexibility index (Phi) is 3.42. The van der Waals surface area contributed by atoms with E-state index in [-0.39, 0.29) is 18.9 Å². The second-order valence-electron chi connectivity index (χ2n) is 5.25. The van der Waals surface area contributed by atoms with E-state index in [1.54, 1.807) is 20.8 Å². The van der Waals surface area contributed by atoms with Crippen molar-refractivity contribution in [3.8, 4) is 0 Å². The van der Waals surface area contributed by atoms with Crippen LogP contribution in [0.25, 0.3) is 0 Å². The van der Waals surface area contributed by atoms with Crippen LogP contribution in [-0.2, 0) is 4.74 Å². The molecule has 3 N–H and O–H groups in total. The highest BCUT2D eigenvalue weighted by molar-refractivity contribution is 5.69. The first kappa shape index (κ1) is 13.2. The number of alkyl carbamates (subject to hydrolysis) is 1. The molecular formula is C10H18F2N2O2. The van der Waals surface area contributed by atoms with Gasteiger partial charge in [-0.25, -0.2) is 13.6 Å². The van der Waals surface area contributed by atoms with Crippen molar-refractivity contribution in [1.29, 1.82) is 0 Å². The third-order valence-electron chi connectivity index (χ3n) is 2.42. The number of alkyl halides is 2. The zero-order chi connectivity index (χ0) is 12.6. The normalized spacial score (nSPS) is 29.8. The molecule has 94 valence electrons. The van der Waals surface area contributed by atoms with Crippen LogP contribution in [0, 0.1) is 0 Å². The number of amides is 1. The van der Waals surface area contributed by atoms with Gasteiger partial charge in [-0.2, -0.15) is 0 Å². The van der Waals surface area contributed by atoms with Crippen LogP contribution >= 0.6 is 0 Å². The smallest absolute Gasteiger partial charge is 0.408 e. The standard InChI is InChI=1S/C10H18F2N2O2/c1-9(2,3)16-8(15)14-10(7(11)12)4-6(13)5-10/h6-7H,4-5,13H2,1-3H3,(H,14,15). The number of nitrogens with two attached hydrogens (primary N) is 1. The molecule has 1 rings (SSSR count). The minimum Gasteiger partial charge on any atom is -0.444 e. The number of carbonyl (C=O) groups is 1. The number of hydrogen-bond acceptors (Lipinski definition) is 3. The van der Waals surface area contributed by atoms with Crippen LogP contribution in [0.3, 0.4) is 0 Å². The topological polar surface area (TPSA) is 64.3 Å². The van der Waals surface area contributed by atoms with Gasteiger partial charge in [0.25, 0.3) is 6.43 Å². The first-order valence-corrected chi connectivity index (χ1v) is 5.19. The molecule has 1 fully saturated rings. The van der Waals surface area contributed by atoms with Crippen molar-refractivity contribution in [1.82, 2.24) is 5.32 Å². The van der Waals surface area contributed by atoms with Crippen LogP contribution in [0.5, 0.6) is 0 Å². The fourth-order valence-electron chi connectivity index (χ4n) is 1.72. The van der Waals surface area contributed by atoms with Crippen LogP contribution in [0.15, 0.2) is 0 Å². The Morgan fingerprint density at radius 2 is 2.00 bits per heavy atom. The van der Waals surface area contributed by atoms with Gasteiger partial charge in [-0.05, 0) is 33.6 Å². The van der Waals surface area contributed by atoms with Gasteiger partial charge in [-0.3, -0.25) is 0 Å². The van der Waals surface area contributed by atoms with Crippen molar-refractivity contribution >= 4 is 6.09 Å². The highest BCUT2D eigenvalue weighted by Crippen LogP contribution is 2.36. The highest BCUT2D eigenvalue weighted by atomic mass is 19.3. The molecule has 1 aliphatic rings. The van der Waals surface area contributed by atoms with Gasteiger partial charge >= 0.3 is 6.09 Å². The van der Waals surface area contributed by atoms with E-state index >= 15 is 0 Å². The second kappa shape index (κ2) is 4.16. The Morgan fingerprint density at radius 3 is 2.31 bits per heavy atom. The number of halogens is 2. The Labute approximate surface area is 93.5 Å². The maximum atomic E-state index is 12.8. The van der Waals surface area contributed by atoms with Crippen molar-refractivity contribution in [3.05, 3.63) is 0 Å². The van der Waals surface area contributed by atoms with Gasteiger partial charge in [-0.1, -0.05) is 0 Å². The summed E-state index contributed by atoms with van der Waals surface area (Å²) in [7, 11) is 0. The van der Waals surface area contributed by atoms with E-state index in [9.17, 15) is 13.6 Å². The SMILES string of the molecule is CC(C)(C)OC(=O)NC1(C(F)F)CC(N)C1. The zero-order valence-corrected chi connectivity index (χ0v) is 9.72. The second-order valence-corrected chi connectivity index (χ2v) is 5.25. The molecule has 0 aromatic carbocycles. The number of nitrogens with one attached hydrogen (secondary N) is 1. The van der Waals surface area contributed by atoms with Gasteiger partial charge in [-0.15, -0.1) is 0 Å². The minimum absolute atomic E-state index is 0.0872. The summed E-state index contributed by atoms with van der Waals surface area (Å²) in [6.07, 6.45) is -3.27. The summed E-state index contributed by atoms with van der Waals surface area (Å²) in [6, 6.07) is -0.274. The molecule has 1 aliphatic carbocycles. The van der Waals surface area contributed by atoms with Gasteiger partial charge in [0.15, 0.2) is 0 Å².